The minimum Gasteiger partial charge on any atom is -0.408 e. The van der Waals surface area contributed by atoms with Gasteiger partial charge in [0.2, 0.25) is 0 Å². The fourth-order valence-electron chi connectivity index (χ4n) is 8.78. The second-order valence-corrected chi connectivity index (χ2v) is 44.9. The van der Waals surface area contributed by atoms with Crippen molar-refractivity contribution in [1.29, 1.82) is 0 Å². The van der Waals surface area contributed by atoms with Crippen LogP contribution in [-0.2, 0) is 37.4 Å². The first-order chi connectivity index (χ1) is 28.0. The van der Waals surface area contributed by atoms with Crippen LogP contribution in [0.5, 0.6) is 0 Å². The molecule has 2 unspecified atom stereocenters. The Labute approximate surface area is 385 Å². The Morgan fingerprint density at radius 1 is 0.532 bits per heavy atom. The van der Waals surface area contributed by atoms with Gasteiger partial charge in [-0.3, -0.25) is 9.59 Å². The predicted molar refractivity (Wildman–Crippen MR) is 269 cm³/mol. The smallest absolute Gasteiger partial charge is 0.193 e. The molecule has 0 aromatic carbocycles. The number of Topliss-reactive ketones (excluding diaryl/α,β-unsaturated/α-hetero) is 2. The van der Waals surface area contributed by atoms with Crippen LogP contribution >= 0.6 is 0 Å². The zero-order valence-electron chi connectivity index (χ0n) is 43.9. The summed E-state index contributed by atoms with van der Waals surface area (Å²) in [6, 6.07) is 0. The number of carbonyl (C=O) groups excluding carboxylic acids is 2. The summed E-state index contributed by atoms with van der Waals surface area (Å²) in [4.78, 5) is 23.2. The van der Waals surface area contributed by atoms with Crippen LogP contribution in [0.25, 0.3) is 0 Å². The lowest BCUT2D eigenvalue weighted by atomic mass is 9.77. The van der Waals surface area contributed by atoms with E-state index in [1.807, 2.05) is 0 Å². The molecule has 62 heavy (non-hydrogen) atoms. The summed E-state index contributed by atoms with van der Waals surface area (Å²) < 4.78 is 40.3. The minimum atomic E-state index is -1.96. The fourth-order valence-corrected chi connectivity index (χ4v) is 12.8. The molecule has 14 atom stereocenters. The standard InChI is InChI=1S/2C25H48O4Si2/c2*1-17(26)16-20-12-13-21-23(27-20)18(2)19(3)24(28-21)22(14-15-30(7,8)9)29-31(10,11)25(4,5)6/h2*14-15,18-24H,12-13,16H2,1-11H3/b2*15-14+/t2*18-,19+,20?,21+,22+,23-,24-/m11/s1. The molecular formula is C50H96O8Si4. The van der Waals surface area contributed by atoms with Crippen LogP contribution in [0.2, 0.25) is 75.5 Å². The van der Waals surface area contributed by atoms with Gasteiger partial charge >= 0.3 is 0 Å². The van der Waals surface area contributed by atoms with Gasteiger partial charge in [0.15, 0.2) is 16.6 Å². The molecule has 0 aliphatic carbocycles. The van der Waals surface area contributed by atoms with Crippen molar-refractivity contribution in [2.75, 3.05) is 0 Å². The predicted octanol–water partition coefficient (Wildman–Crippen LogP) is 12.8. The lowest BCUT2D eigenvalue weighted by molar-refractivity contribution is -0.237. The number of rotatable bonds is 14. The third-order valence-corrected chi connectivity index (χ3v) is 26.4. The van der Waals surface area contributed by atoms with E-state index >= 15 is 0 Å². The molecule has 0 N–H and O–H groups in total. The van der Waals surface area contributed by atoms with Gasteiger partial charge in [0.1, 0.15) is 11.6 Å². The molecule has 360 valence electrons. The average molecular weight is 938 g/mol. The second kappa shape index (κ2) is 21.6. The number of hydrogen-bond acceptors (Lipinski definition) is 8. The van der Waals surface area contributed by atoms with Gasteiger partial charge in [-0.2, -0.15) is 0 Å². The highest BCUT2D eigenvalue weighted by molar-refractivity contribution is 6.81. The normalized spacial score (nSPS) is 33.9. The van der Waals surface area contributed by atoms with E-state index in [0.717, 1.165) is 25.7 Å². The third kappa shape index (κ3) is 15.8. The summed E-state index contributed by atoms with van der Waals surface area (Å²) in [7, 11) is -6.64. The Morgan fingerprint density at radius 3 is 1.10 bits per heavy atom. The highest BCUT2D eigenvalue weighted by atomic mass is 28.4. The number of carbonyl (C=O) groups is 2. The van der Waals surface area contributed by atoms with E-state index in [2.05, 4.69) is 158 Å². The molecule has 0 saturated carbocycles. The summed E-state index contributed by atoms with van der Waals surface area (Å²) in [5, 5.41) is 0.302. The van der Waals surface area contributed by atoms with Crippen molar-refractivity contribution in [3.05, 3.63) is 23.6 Å². The van der Waals surface area contributed by atoms with Crippen LogP contribution in [0, 0.1) is 23.7 Å². The monoisotopic (exact) mass is 937 g/mol. The molecule has 12 heteroatoms. The van der Waals surface area contributed by atoms with Crippen LogP contribution in [0.15, 0.2) is 23.6 Å². The van der Waals surface area contributed by atoms with Crippen LogP contribution in [0.3, 0.4) is 0 Å². The minimum absolute atomic E-state index is 0.0269. The Morgan fingerprint density at radius 2 is 0.839 bits per heavy atom. The topological polar surface area (TPSA) is 89.5 Å². The maximum Gasteiger partial charge on any atom is 0.193 e. The van der Waals surface area contributed by atoms with E-state index in [1.54, 1.807) is 13.8 Å². The molecule has 4 aliphatic heterocycles. The van der Waals surface area contributed by atoms with Gasteiger partial charge in [-0.05, 0) is 99.5 Å². The van der Waals surface area contributed by atoms with E-state index in [-0.39, 0.29) is 82.7 Å². The zero-order chi connectivity index (χ0) is 47.6. The van der Waals surface area contributed by atoms with E-state index < -0.39 is 32.8 Å². The summed E-state index contributed by atoms with van der Waals surface area (Å²) in [5.41, 5.74) is 4.83. The van der Waals surface area contributed by atoms with Crippen molar-refractivity contribution in [1.82, 2.24) is 0 Å². The van der Waals surface area contributed by atoms with Crippen molar-refractivity contribution in [2.45, 2.75) is 258 Å². The van der Waals surface area contributed by atoms with Gasteiger partial charge < -0.3 is 27.8 Å². The van der Waals surface area contributed by atoms with E-state index in [9.17, 15) is 9.59 Å². The first-order valence-corrected chi connectivity index (χ1v) is 37.4. The zero-order valence-corrected chi connectivity index (χ0v) is 47.9. The molecule has 4 saturated heterocycles. The van der Waals surface area contributed by atoms with Crippen LogP contribution in [-0.4, -0.2) is 105 Å². The molecule has 4 heterocycles. The molecule has 0 aromatic rings. The number of ether oxygens (including phenoxy) is 4. The fraction of sp³-hybridized carbons (Fsp3) is 0.880. The summed E-state index contributed by atoms with van der Waals surface area (Å²) in [6.07, 6.45) is 9.80. The Hall–Kier alpha value is -0.552. The lowest BCUT2D eigenvalue weighted by Crippen LogP contribution is -2.58. The van der Waals surface area contributed by atoms with Crippen molar-refractivity contribution in [3.8, 4) is 0 Å². The van der Waals surface area contributed by atoms with Crippen molar-refractivity contribution < 1.29 is 37.4 Å². The number of ketones is 2. The summed E-state index contributed by atoms with van der Waals surface area (Å²) in [5.74, 6) is 1.78. The lowest BCUT2D eigenvalue weighted by Gasteiger charge is -2.51. The van der Waals surface area contributed by atoms with Crippen molar-refractivity contribution in [2.24, 2.45) is 23.7 Å². The SMILES string of the molecule is CC(=O)CC1CC[C@@H]2O[C@@H]([C@H](/C=C/[Si](C)(C)C)O[Si](C)(C)C(C)(C)C)[C@@H](C)[C@@H](C)[C@H]2O1.CC(=O)CC1CC[C@@H]2O[C@@H]([C@H](/C=C/[Si](C)(C)C)O[Si](C)(C)C(C)(C)C)[C@@H](C)[C@@H](C)[C@H]2O1. The molecule has 0 spiro atoms. The number of hydrogen-bond donors (Lipinski definition) is 0. The maximum atomic E-state index is 11.6. The highest BCUT2D eigenvalue weighted by Crippen LogP contribution is 2.45. The molecule has 0 radical (unpaired) electrons. The summed E-state index contributed by atoms with van der Waals surface area (Å²) in [6.45, 7) is 49.8. The quantitative estimate of drug-likeness (QED) is 0.159. The molecule has 0 aromatic heterocycles. The van der Waals surface area contributed by atoms with Gasteiger partial charge in [-0.1, -0.05) is 132 Å². The van der Waals surface area contributed by atoms with Gasteiger partial charge in [-0.15, -0.1) is 0 Å². The Bertz CT molecular complexity index is 1400. The number of fused-ring (bicyclic) bond motifs is 2. The highest BCUT2D eigenvalue weighted by Gasteiger charge is 2.51. The second-order valence-electron chi connectivity index (χ2n) is 25.3. The molecular weight excluding hydrogens is 841 g/mol. The molecule has 8 nitrogen and oxygen atoms in total. The Balaban J connectivity index is 0.000000330. The van der Waals surface area contributed by atoms with E-state index in [1.165, 1.54) is 0 Å². The van der Waals surface area contributed by atoms with Gasteiger partial charge in [-0.25, -0.2) is 0 Å². The Kier molecular flexibility index (Phi) is 19.4. The third-order valence-electron chi connectivity index (χ3n) is 15.1. The van der Waals surface area contributed by atoms with E-state index in [4.69, 9.17) is 27.8 Å². The summed E-state index contributed by atoms with van der Waals surface area (Å²) >= 11 is 0. The first kappa shape index (κ1) is 55.8. The van der Waals surface area contributed by atoms with Crippen LogP contribution < -0.4 is 0 Å². The van der Waals surface area contributed by atoms with Gasteiger partial charge in [0.05, 0.1) is 77.2 Å². The van der Waals surface area contributed by atoms with Gasteiger partial charge in [0, 0.05) is 12.8 Å². The van der Waals surface area contributed by atoms with Crippen molar-refractivity contribution in [3.63, 3.8) is 0 Å². The molecule has 4 aliphatic rings. The van der Waals surface area contributed by atoms with Crippen LogP contribution in [0.1, 0.15) is 122 Å². The maximum absolute atomic E-state index is 11.6. The van der Waals surface area contributed by atoms with Crippen LogP contribution in [0.4, 0.5) is 0 Å². The van der Waals surface area contributed by atoms with E-state index in [0.29, 0.717) is 36.5 Å². The largest absolute Gasteiger partial charge is 0.408 e. The first-order valence-electron chi connectivity index (χ1n) is 24.4. The van der Waals surface area contributed by atoms with Crippen molar-refractivity contribution >= 4 is 44.3 Å². The molecule has 4 rings (SSSR count). The average Bonchev–Trinajstić information content (AvgIpc) is 3.10. The molecule has 4 fully saturated rings. The molecule has 0 bridgehead atoms. The van der Waals surface area contributed by atoms with Gasteiger partial charge in [0.25, 0.3) is 0 Å². The molecule has 0 amide bonds.